The normalized spacial score (nSPS) is 16.4. The molecule has 2 atom stereocenters. The molecule has 0 saturated carbocycles. The first-order valence-corrected chi connectivity index (χ1v) is 23.9. The predicted octanol–water partition coefficient (Wildman–Crippen LogP) is 8.67. The molecule has 0 N–H and O–H groups in total. The van der Waals surface area contributed by atoms with Crippen LogP contribution in [0.15, 0.2) is 96.0 Å². The number of methoxy groups -OCH3 is 2. The molecule has 0 aliphatic carbocycles. The minimum absolute atomic E-state index is 0.00193. The lowest BCUT2D eigenvalue weighted by molar-refractivity contribution is -0.140. The number of fused-ring (bicyclic) bond motifs is 8. The molecule has 0 radical (unpaired) electrons. The maximum absolute atomic E-state index is 14.3. The Hall–Kier alpha value is -6.90. The van der Waals surface area contributed by atoms with Crippen molar-refractivity contribution in [2.45, 2.75) is 71.2 Å². The zero-order valence-corrected chi connectivity index (χ0v) is 40.2. The van der Waals surface area contributed by atoms with Crippen molar-refractivity contribution in [1.82, 2.24) is 0 Å². The summed E-state index contributed by atoms with van der Waals surface area (Å²) in [7, 11) is 5.00. The minimum Gasteiger partial charge on any atom is -0.493 e. The molecule has 4 heterocycles. The topological polar surface area (TPSA) is 132 Å². The van der Waals surface area contributed by atoms with Gasteiger partial charge in [-0.2, -0.15) is 0 Å². The molecule has 4 aliphatic rings. The van der Waals surface area contributed by atoms with Crippen LogP contribution in [0.25, 0.3) is 0 Å². The van der Waals surface area contributed by atoms with Crippen LogP contribution in [-0.4, -0.2) is 103 Å². The maximum Gasteiger partial charge on any atom is 0.305 e. The molecule has 5 aromatic rings. The molecular formula is C55H61N5O9. The third-order valence-electron chi connectivity index (χ3n) is 13.3. The Labute approximate surface area is 404 Å². The lowest BCUT2D eigenvalue weighted by Crippen LogP contribution is -2.41. The van der Waals surface area contributed by atoms with Crippen molar-refractivity contribution in [2.24, 2.45) is 4.99 Å². The van der Waals surface area contributed by atoms with Gasteiger partial charge in [-0.25, -0.2) is 0 Å². The minimum atomic E-state index is -0.268. The van der Waals surface area contributed by atoms with Gasteiger partial charge in [0.15, 0.2) is 11.5 Å². The number of benzene rings is 5. The summed E-state index contributed by atoms with van der Waals surface area (Å²) in [6.07, 6.45) is 5.15. The molecule has 5 aromatic carbocycles. The number of likely N-dealkylation sites (N-methyl/N-ethyl adjacent to an activating group) is 1. The number of amides is 2. The fourth-order valence-corrected chi connectivity index (χ4v) is 9.88. The first-order valence-electron chi connectivity index (χ1n) is 23.9. The molecule has 0 bridgehead atoms. The summed E-state index contributed by atoms with van der Waals surface area (Å²) in [5.41, 5.74) is 10.1. The van der Waals surface area contributed by atoms with E-state index in [-0.39, 0.29) is 49.5 Å². The number of aryl methyl sites for hydroxylation is 1. The molecule has 0 fully saturated rings. The van der Waals surface area contributed by atoms with E-state index < -0.39 is 0 Å². The number of aliphatic imine (C=N–C) groups is 1. The third kappa shape index (κ3) is 10.1. The second-order valence-corrected chi connectivity index (χ2v) is 18.0. The van der Waals surface area contributed by atoms with Gasteiger partial charge in [0.2, 0.25) is 0 Å². The second kappa shape index (κ2) is 21.2. The van der Waals surface area contributed by atoms with Crippen LogP contribution in [0.1, 0.15) is 74.7 Å². The number of esters is 1. The van der Waals surface area contributed by atoms with Crippen molar-refractivity contribution < 1.29 is 42.8 Å². The second-order valence-electron chi connectivity index (χ2n) is 18.0. The molecule has 9 rings (SSSR count). The maximum atomic E-state index is 14.3. The van der Waals surface area contributed by atoms with Gasteiger partial charge in [0, 0.05) is 81.5 Å². The highest BCUT2D eigenvalue weighted by Gasteiger charge is 2.40. The molecule has 14 nitrogen and oxygen atoms in total. The van der Waals surface area contributed by atoms with E-state index in [0.29, 0.717) is 93.0 Å². The van der Waals surface area contributed by atoms with Crippen LogP contribution in [0.3, 0.4) is 0 Å². The zero-order valence-electron chi connectivity index (χ0n) is 40.2. The van der Waals surface area contributed by atoms with Crippen LogP contribution in [-0.2, 0) is 45.1 Å². The Balaban J connectivity index is 0.993. The first kappa shape index (κ1) is 47.2. The summed E-state index contributed by atoms with van der Waals surface area (Å²) in [5.74, 6) is 1.17. The highest BCUT2D eigenvalue weighted by molar-refractivity contribution is 6.15. The van der Waals surface area contributed by atoms with Crippen LogP contribution >= 0.6 is 0 Å². The van der Waals surface area contributed by atoms with Crippen LogP contribution in [0.4, 0.5) is 28.4 Å². The summed E-state index contributed by atoms with van der Waals surface area (Å²) in [6.45, 7) is 8.30. The van der Waals surface area contributed by atoms with E-state index in [4.69, 9.17) is 33.4 Å². The number of carbonyl (C=O) groups excluding carboxylic acids is 3. The lowest BCUT2D eigenvalue weighted by atomic mass is 10.1. The summed E-state index contributed by atoms with van der Waals surface area (Å²) in [4.78, 5) is 53.5. The fourth-order valence-electron chi connectivity index (χ4n) is 9.88. The molecule has 69 heavy (non-hydrogen) atoms. The molecule has 4 aliphatic heterocycles. The highest BCUT2D eigenvalue weighted by atomic mass is 16.5. The summed E-state index contributed by atoms with van der Waals surface area (Å²) < 4.78 is 35.8. The summed E-state index contributed by atoms with van der Waals surface area (Å²) in [6, 6.07) is 29.6. The predicted molar refractivity (Wildman–Crippen MR) is 268 cm³/mol. The van der Waals surface area contributed by atoms with Crippen molar-refractivity contribution in [3.8, 4) is 17.2 Å². The molecule has 0 spiro atoms. The fraction of sp³-hybridized carbons (Fsp3) is 0.382. The van der Waals surface area contributed by atoms with Gasteiger partial charge in [-0.15, -0.1) is 0 Å². The average molecular weight is 936 g/mol. The zero-order chi connectivity index (χ0) is 48.0. The quantitative estimate of drug-likeness (QED) is 0.0549. The molecule has 0 aromatic heterocycles. The van der Waals surface area contributed by atoms with Crippen molar-refractivity contribution >= 4 is 52.4 Å². The van der Waals surface area contributed by atoms with Crippen molar-refractivity contribution in [2.75, 3.05) is 86.9 Å². The van der Waals surface area contributed by atoms with Gasteiger partial charge in [-0.05, 0) is 96.5 Å². The third-order valence-corrected chi connectivity index (χ3v) is 13.3. The van der Waals surface area contributed by atoms with Gasteiger partial charge in [0.1, 0.15) is 19.0 Å². The number of rotatable bonds is 20. The molecule has 0 unspecified atom stereocenters. The first-order chi connectivity index (χ1) is 33.6. The van der Waals surface area contributed by atoms with Gasteiger partial charge < -0.3 is 43.1 Å². The van der Waals surface area contributed by atoms with Gasteiger partial charge in [-0.1, -0.05) is 43.3 Å². The van der Waals surface area contributed by atoms with Gasteiger partial charge in [0.05, 0.1) is 68.6 Å². The van der Waals surface area contributed by atoms with Gasteiger partial charge in [-0.3, -0.25) is 24.3 Å². The number of hydrogen-bond donors (Lipinski definition) is 0. The highest BCUT2D eigenvalue weighted by Crippen LogP contribution is 2.43. The van der Waals surface area contributed by atoms with Crippen LogP contribution < -0.4 is 33.8 Å². The van der Waals surface area contributed by atoms with E-state index >= 15 is 0 Å². The van der Waals surface area contributed by atoms with E-state index in [2.05, 4.69) is 47.1 Å². The molecular weight excluding hydrogens is 875 g/mol. The van der Waals surface area contributed by atoms with E-state index in [9.17, 15) is 14.4 Å². The van der Waals surface area contributed by atoms with E-state index in [1.54, 1.807) is 13.2 Å². The van der Waals surface area contributed by atoms with Crippen molar-refractivity contribution in [1.29, 1.82) is 0 Å². The van der Waals surface area contributed by atoms with Crippen molar-refractivity contribution in [3.63, 3.8) is 0 Å². The van der Waals surface area contributed by atoms with Crippen LogP contribution in [0.5, 0.6) is 17.2 Å². The number of nitrogens with zero attached hydrogens (tertiary/aromatic N) is 5. The Morgan fingerprint density at radius 2 is 1.41 bits per heavy atom. The van der Waals surface area contributed by atoms with E-state index in [0.717, 1.165) is 57.8 Å². The van der Waals surface area contributed by atoms with Crippen LogP contribution in [0, 0.1) is 6.92 Å². The SMILES string of the molecule is CCCOCCOCCN(CCCC(=O)OC)c1cc(COc2cc3c(cc2C)C(=O)N2c4ccccc4C[C@H]2C=N3)cc(COc2cc3c(cc2OC)C(=O)N2c4ccccc4C[C@H]2CN3C)c1. The molecule has 360 valence electrons. The summed E-state index contributed by atoms with van der Waals surface area (Å²) in [5, 5.41) is 0. The molecule has 14 heteroatoms. The van der Waals surface area contributed by atoms with Gasteiger partial charge in [0.25, 0.3) is 11.8 Å². The Bertz CT molecular complexity index is 2740. The van der Waals surface area contributed by atoms with E-state index in [1.807, 2.05) is 84.6 Å². The smallest absolute Gasteiger partial charge is 0.305 e. The van der Waals surface area contributed by atoms with E-state index in [1.165, 1.54) is 12.7 Å². The Morgan fingerprint density at radius 3 is 2.13 bits per heavy atom. The number of ether oxygens (including phenoxy) is 6. The van der Waals surface area contributed by atoms with Gasteiger partial charge >= 0.3 is 5.97 Å². The van der Waals surface area contributed by atoms with Crippen LogP contribution in [0.2, 0.25) is 0 Å². The van der Waals surface area contributed by atoms with Crippen molar-refractivity contribution in [3.05, 3.63) is 130 Å². The Morgan fingerprint density at radius 1 is 0.725 bits per heavy atom. The number of hydrogen-bond acceptors (Lipinski definition) is 12. The largest absolute Gasteiger partial charge is 0.493 e. The summed E-state index contributed by atoms with van der Waals surface area (Å²) >= 11 is 0. The standard InChI is InChI=1S/C55H61N5O9/c1-6-19-66-21-22-67-20-18-58(17-11-16-53(61)65-5)41-25-37(34-68-50-30-46-44(23-36(50)2)54(62)59-42(32-56-46)27-39-12-7-9-14-47(39)59)24-38(26-41)35-69-52-31-49-45(29-51(52)64-4)55(63)60-43(33-57(49)3)28-40-13-8-10-15-48(40)60/h7-10,12-15,23-26,29-32,42-43H,6,11,16-22,27-28,33-35H2,1-5H3/t42-,43-/m0/s1. The lowest BCUT2D eigenvalue weighted by Gasteiger charge is -2.26. The average Bonchev–Trinajstić information content (AvgIpc) is 3.86. The number of para-hydroxylation sites is 2. The molecule has 0 saturated heterocycles. The number of carbonyl (C=O) groups is 3. The number of anilines is 4. The Kier molecular flexibility index (Phi) is 14.5. The monoisotopic (exact) mass is 935 g/mol. The molecule has 2 amide bonds.